The van der Waals surface area contributed by atoms with Crippen LogP contribution in [0.2, 0.25) is 5.02 Å². The molecule has 1 aromatic carbocycles. The molecule has 0 spiro atoms. The van der Waals surface area contributed by atoms with Crippen LogP contribution in [0.5, 0.6) is 0 Å². The van der Waals surface area contributed by atoms with Crippen molar-refractivity contribution < 1.29 is 0 Å². The predicted octanol–water partition coefficient (Wildman–Crippen LogP) is 2.93. The van der Waals surface area contributed by atoms with E-state index in [1.165, 1.54) is 6.20 Å². The highest BCUT2D eigenvalue weighted by atomic mass is 35.5. The minimum atomic E-state index is 0.403. The summed E-state index contributed by atoms with van der Waals surface area (Å²) >= 11 is 5.78. The van der Waals surface area contributed by atoms with E-state index in [9.17, 15) is 0 Å². The van der Waals surface area contributed by atoms with Crippen molar-refractivity contribution >= 4 is 28.8 Å². The van der Waals surface area contributed by atoms with Gasteiger partial charge >= 0.3 is 0 Å². The molecule has 0 radical (unpaired) electrons. The fourth-order valence-electron chi connectivity index (χ4n) is 1.34. The predicted molar refractivity (Wildman–Crippen MR) is 68.1 cm³/mol. The van der Waals surface area contributed by atoms with Gasteiger partial charge in [0.25, 0.3) is 0 Å². The average molecular weight is 245 g/mol. The second kappa shape index (κ2) is 4.73. The van der Waals surface area contributed by atoms with E-state index in [1.54, 1.807) is 18.2 Å². The van der Waals surface area contributed by atoms with Crippen LogP contribution in [-0.4, -0.2) is 4.98 Å². The zero-order chi connectivity index (χ0) is 12.3. The number of nitrogens with zero attached hydrogens (tertiary/aromatic N) is 2. The zero-order valence-corrected chi connectivity index (χ0v) is 9.57. The van der Waals surface area contributed by atoms with Crippen LogP contribution < -0.4 is 11.1 Å². The average Bonchev–Trinajstić information content (AvgIpc) is 2.34. The quantitative estimate of drug-likeness (QED) is 0.852. The summed E-state index contributed by atoms with van der Waals surface area (Å²) in [5.74, 6) is 0.476. The highest BCUT2D eigenvalue weighted by molar-refractivity contribution is 6.30. The molecule has 5 heteroatoms. The first-order valence-corrected chi connectivity index (χ1v) is 5.25. The summed E-state index contributed by atoms with van der Waals surface area (Å²) in [5.41, 5.74) is 7.23. The number of rotatable bonds is 2. The molecule has 0 aliphatic rings. The Kier molecular flexibility index (Phi) is 3.12. The summed E-state index contributed by atoms with van der Waals surface area (Å²) in [6, 6.07) is 10.7. The SMILES string of the molecule is N#Cc1cc(N)cnc1Nc1ccc(Cl)cc1. The van der Waals surface area contributed by atoms with E-state index in [-0.39, 0.29) is 0 Å². The van der Waals surface area contributed by atoms with Crippen molar-refractivity contribution in [1.29, 1.82) is 5.26 Å². The number of nitrogens with one attached hydrogen (secondary N) is 1. The molecule has 0 amide bonds. The van der Waals surface area contributed by atoms with Gasteiger partial charge in [0.2, 0.25) is 0 Å². The second-order valence-electron chi connectivity index (χ2n) is 3.41. The molecule has 2 aromatic rings. The number of anilines is 3. The lowest BCUT2D eigenvalue weighted by atomic mass is 10.2. The van der Waals surface area contributed by atoms with Crippen molar-refractivity contribution in [2.24, 2.45) is 0 Å². The van der Waals surface area contributed by atoms with Gasteiger partial charge in [-0.05, 0) is 30.3 Å². The molecule has 17 heavy (non-hydrogen) atoms. The largest absolute Gasteiger partial charge is 0.397 e. The van der Waals surface area contributed by atoms with Gasteiger partial charge in [-0.2, -0.15) is 5.26 Å². The van der Waals surface area contributed by atoms with Crippen molar-refractivity contribution in [3.8, 4) is 6.07 Å². The van der Waals surface area contributed by atoms with Gasteiger partial charge in [0.05, 0.1) is 17.4 Å². The number of halogens is 1. The maximum Gasteiger partial charge on any atom is 0.148 e. The highest BCUT2D eigenvalue weighted by Crippen LogP contribution is 2.21. The Morgan fingerprint density at radius 2 is 2.00 bits per heavy atom. The molecule has 0 unspecified atom stereocenters. The standard InChI is InChI=1S/C12H9ClN4/c13-9-1-3-11(4-2-9)17-12-8(6-14)5-10(15)7-16-12/h1-5,7H,15H2,(H,16,17). The fourth-order valence-corrected chi connectivity index (χ4v) is 1.46. The normalized spacial score (nSPS) is 9.65. The van der Waals surface area contributed by atoms with Crippen molar-refractivity contribution in [1.82, 2.24) is 4.98 Å². The maximum absolute atomic E-state index is 8.96. The van der Waals surface area contributed by atoms with E-state index in [0.29, 0.717) is 22.1 Å². The summed E-state index contributed by atoms with van der Waals surface area (Å²) in [6.45, 7) is 0. The first kappa shape index (κ1) is 11.2. The van der Waals surface area contributed by atoms with Crippen LogP contribution in [0.1, 0.15) is 5.56 Å². The Labute approximate surface area is 104 Å². The highest BCUT2D eigenvalue weighted by Gasteiger charge is 2.04. The van der Waals surface area contributed by atoms with E-state index in [2.05, 4.69) is 10.3 Å². The number of nitriles is 1. The van der Waals surface area contributed by atoms with Crippen LogP contribution in [0.15, 0.2) is 36.5 Å². The third kappa shape index (κ3) is 2.65. The molecule has 0 bridgehead atoms. The van der Waals surface area contributed by atoms with Gasteiger partial charge < -0.3 is 11.1 Å². The lowest BCUT2D eigenvalue weighted by Crippen LogP contribution is -1.98. The molecular formula is C12H9ClN4. The molecule has 84 valence electrons. The first-order chi connectivity index (χ1) is 8.19. The Hall–Kier alpha value is -2.25. The van der Waals surface area contributed by atoms with Gasteiger partial charge in [0, 0.05) is 10.7 Å². The monoisotopic (exact) mass is 244 g/mol. The van der Waals surface area contributed by atoms with Gasteiger partial charge in [0.15, 0.2) is 0 Å². The van der Waals surface area contributed by atoms with Crippen molar-refractivity contribution in [3.05, 3.63) is 47.1 Å². The van der Waals surface area contributed by atoms with E-state index < -0.39 is 0 Å². The van der Waals surface area contributed by atoms with Crippen LogP contribution in [0.25, 0.3) is 0 Å². The molecule has 3 N–H and O–H groups in total. The van der Waals surface area contributed by atoms with Crippen LogP contribution >= 0.6 is 11.6 Å². The van der Waals surface area contributed by atoms with Gasteiger partial charge in [-0.15, -0.1) is 0 Å². The van der Waals surface area contributed by atoms with E-state index in [4.69, 9.17) is 22.6 Å². The van der Waals surface area contributed by atoms with Crippen molar-refractivity contribution in [3.63, 3.8) is 0 Å². The summed E-state index contributed by atoms with van der Waals surface area (Å²) < 4.78 is 0. The van der Waals surface area contributed by atoms with Crippen LogP contribution in [0.3, 0.4) is 0 Å². The Bertz CT molecular complexity index is 572. The smallest absolute Gasteiger partial charge is 0.148 e. The third-order valence-corrected chi connectivity index (χ3v) is 2.39. The lowest BCUT2D eigenvalue weighted by molar-refractivity contribution is 1.29. The number of aromatic nitrogens is 1. The van der Waals surface area contributed by atoms with Crippen LogP contribution in [0.4, 0.5) is 17.2 Å². The molecule has 4 nitrogen and oxygen atoms in total. The van der Waals surface area contributed by atoms with Gasteiger partial charge in [-0.1, -0.05) is 11.6 Å². The van der Waals surface area contributed by atoms with Crippen molar-refractivity contribution in [2.75, 3.05) is 11.1 Å². The number of benzene rings is 1. The topological polar surface area (TPSA) is 74.7 Å². The maximum atomic E-state index is 8.96. The molecule has 2 rings (SSSR count). The van der Waals surface area contributed by atoms with Crippen LogP contribution in [0, 0.1) is 11.3 Å². The van der Waals surface area contributed by atoms with Crippen LogP contribution in [-0.2, 0) is 0 Å². The summed E-state index contributed by atoms with van der Waals surface area (Å²) in [7, 11) is 0. The van der Waals surface area contributed by atoms with Gasteiger partial charge in [-0.3, -0.25) is 0 Å². The number of nitrogens with two attached hydrogens (primary N) is 1. The molecular weight excluding hydrogens is 236 g/mol. The Morgan fingerprint density at radius 3 is 2.65 bits per heavy atom. The summed E-state index contributed by atoms with van der Waals surface area (Å²) in [4.78, 5) is 4.08. The number of hydrogen-bond acceptors (Lipinski definition) is 4. The lowest BCUT2D eigenvalue weighted by Gasteiger charge is -2.07. The molecule has 0 atom stereocenters. The van der Waals surface area contributed by atoms with Gasteiger partial charge in [0.1, 0.15) is 11.9 Å². The number of nitrogen functional groups attached to an aromatic ring is 1. The Balaban J connectivity index is 2.30. The molecule has 1 heterocycles. The third-order valence-electron chi connectivity index (χ3n) is 2.14. The number of hydrogen-bond donors (Lipinski definition) is 2. The van der Waals surface area contributed by atoms with E-state index >= 15 is 0 Å². The second-order valence-corrected chi connectivity index (χ2v) is 3.84. The van der Waals surface area contributed by atoms with Gasteiger partial charge in [-0.25, -0.2) is 4.98 Å². The molecule has 0 saturated heterocycles. The van der Waals surface area contributed by atoms with E-state index in [1.807, 2.05) is 18.2 Å². The molecule has 0 saturated carbocycles. The molecule has 0 aliphatic carbocycles. The molecule has 0 aliphatic heterocycles. The first-order valence-electron chi connectivity index (χ1n) is 4.87. The fraction of sp³-hybridized carbons (Fsp3) is 0. The molecule has 0 fully saturated rings. The van der Waals surface area contributed by atoms with Crippen molar-refractivity contribution in [2.45, 2.75) is 0 Å². The Morgan fingerprint density at radius 1 is 1.29 bits per heavy atom. The minimum Gasteiger partial charge on any atom is -0.397 e. The van der Waals surface area contributed by atoms with E-state index in [0.717, 1.165) is 5.69 Å². The number of pyridine rings is 1. The zero-order valence-electron chi connectivity index (χ0n) is 8.81. The molecule has 1 aromatic heterocycles. The summed E-state index contributed by atoms with van der Waals surface area (Å²) in [5, 5.41) is 12.6. The minimum absolute atomic E-state index is 0.403. The summed E-state index contributed by atoms with van der Waals surface area (Å²) in [6.07, 6.45) is 1.50.